The zero-order chi connectivity index (χ0) is 21.2. The van der Waals surface area contributed by atoms with Crippen molar-refractivity contribution in [2.75, 3.05) is 20.1 Å². The average molecular weight is 417 g/mol. The molecule has 0 spiro atoms. The Morgan fingerprint density at radius 1 is 1.14 bits per heavy atom. The van der Waals surface area contributed by atoms with E-state index in [-0.39, 0.29) is 0 Å². The summed E-state index contributed by atoms with van der Waals surface area (Å²) in [5, 5.41) is -0.544. The van der Waals surface area contributed by atoms with E-state index in [4.69, 9.17) is 4.74 Å². The number of carbonyl (C=O) groups excluding carboxylic acids is 1. The molecule has 0 aromatic heterocycles. The van der Waals surface area contributed by atoms with Gasteiger partial charge in [0.15, 0.2) is 0 Å². The maximum atomic E-state index is 12.7. The molecule has 29 heavy (non-hydrogen) atoms. The quantitative estimate of drug-likeness (QED) is 0.733. The fraction of sp³-hybridized carbons (Fsp3) is 0.409. The van der Waals surface area contributed by atoms with Gasteiger partial charge in [-0.25, -0.2) is 17.9 Å². The molecule has 0 amide bonds. The summed E-state index contributed by atoms with van der Waals surface area (Å²) in [5.74, 6) is -0.443. The number of carbonyl (C=O) groups is 1. The third kappa shape index (κ3) is 5.04. The van der Waals surface area contributed by atoms with Crippen LogP contribution in [0.15, 0.2) is 48.5 Å². The van der Waals surface area contributed by atoms with Crippen molar-refractivity contribution in [1.82, 2.24) is 9.62 Å². The molecule has 1 saturated heterocycles. The number of nitrogens with zero attached hydrogens (tertiary/aromatic N) is 1. The number of nitrogens with one attached hydrogen (secondary N) is 1. The lowest BCUT2D eigenvalue weighted by Gasteiger charge is -2.21. The molecule has 6 nitrogen and oxygen atoms in total. The molecule has 3 rings (SSSR count). The van der Waals surface area contributed by atoms with Crippen LogP contribution < -0.4 is 4.72 Å². The van der Waals surface area contributed by atoms with Gasteiger partial charge in [0.2, 0.25) is 10.0 Å². The largest absolute Gasteiger partial charge is 0.456 e. The van der Waals surface area contributed by atoms with E-state index < -0.39 is 33.4 Å². The Morgan fingerprint density at radius 2 is 1.83 bits per heavy atom. The molecule has 0 radical (unpaired) electrons. The minimum absolute atomic E-state index is 0.443. The number of ether oxygens (including phenoxy) is 1. The number of likely N-dealkylation sites (tertiary alicyclic amines) is 1. The van der Waals surface area contributed by atoms with Crippen molar-refractivity contribution in [3.63, 3.8) is 0 Å². The fourth-order valence-corrected chi connectivity index (χ4v) is 4.40. The van der Waals surface area contributed by atoms with E-state index in [9.17, 15) is 13.2 Å². The van der Waals surface area contributed by atoms with E-state index >= 15 is 0 Å². The maximum absolute atomic E-state index is 12.7. The zero-order valence-corrected chi connectivity index (χ0v) is 18.1. The third-order valence-electron chi connectivity index (χ3n) is 5.19. The molecule has 1 fully saturated rings. The number of rotatable bonds is 6. The van der Waals surface area contributed by atoms with Gasteiger partial charge in [-0.2, -0.15) is 0 Å². The minimum Gasteiger partial charge on any atom is -0.456 e. The molecule has 156 valence electrons. The Hall–Kier alpha value is -2.22. The smallest absolute Gasteiger partial charge is 0.338 e. The monoisotopic (exact) mass is 416 g/mol. The van der Waals surface area contributed by atoms with Gasteiger partial charge in [0.05, 0.1) is 16.9 Å². The maximum Gasteiger partial charge on any atom is 0.338 e. The SMILES string of the molecule is Cc1cc(C(=O)O[C@H]2CN(C)C[C@@H]2NS(=O)(=O)C(C)C)ccc1-c1ccccc1. The molecule has 1 heterocycles. The first-order chi connectivity index (χ1) is 13.7. The van der Waals surface area contributed by atoms with Gasteiger partial charge in [-0.1, -0.05) is 36.4 Å². The Kier molecular flexibility index (Phi) is 6.41. The summed E-state index contributed by atoms with van der Waals surface area (Å²) in [6, 6.07) is 15.0. The van der Waals surface area contributed by atoms with Gasteiger partial charge in [-0.3, -0.25) is 0 Å². The number of aryl methyl sites for hydroxylation is 1. The lowest BCUT2D eigenvalue weighted by atomic mass is 9.98. The van der Waals surface area contributed by atoms with Crippen LogP contribution in [0.1, 0.15) is 29.8 Å². The minimum atomic E-state index is -3.45. The Labute approximate surface area is 172 Å². The summed E-state index contributed by atoms with van der Waals surface area (Å²) in [4.78, 5) is 14.7. The number of esters is 1. The van der Waals surface area contributed by atoms with Crippen LogP contribution in [-0.2, 0) is 14.8 Å². The highest BCUT2D eigenvalue weighted by Gasteiger charge is 2.37. The van der Waals surface area contributed by atoms with E-state index in [1.165, 1.54) is 0 Å². The first-order valence-electron chi connectivity index (χ1n) is 9.74. The summed E-state index contributed by atoms with van der Waals surface area (Å²) in [5.41, 5.74) is 3.59. The van der Waals surface area contributed by atoms with Crippen LogP contribution in [-0.4, -0.2) is 56.8 Å². The van der Waals surface area contributed by atoms with Gasteiger partial charge in [-0.15, -0.1) is 0 Å². The zero-order valence-electron chi connectivity index (χ0n) is 17.3. The molecular formula is C22H28N2O4S. The van der Waals surface area contributed by atoms with E-state index in [0.717, 1.165) is 16.7 Å². The van der Waals surface area contributed by atoms with E-state index in [2.05, 4.69) is 4.72 Å². The molecule has 1 aliphatic rings. The molecule has 7 heteroatoms. The third-order valence-corrected chi connectivity index (χ3v) is 7.06. The molecule has 0 saturated carbocycles. The van der Waals surface area contributed by atoms with Crippen molar-refractivity contribution in [2.45, 2.75) is 38.2 Å². The second kappa shape index (κ2) is 8.65. The average Bonchev–Trinajstić information content (AvgIpc) is 3.00. The van der Waals surface area contributed by atoms with Crippen molar-refractivity contribution < 1.29 is 17.9 Å². The summed E-state index contributed by atoms with van der Waals surface area (Å²) in [7, 11) is -1.57. The van der Waals surface area contributed by atoms with Crippen molar-refractivity contribution in [3.8, 4) is 11.1 Å². The summed E-state index contributed by atoms with van der Waals surface area (Å²) in [6.07, 6.45) is -0.532. The van der Waals surface area contributed by atoms with Crippen molar-refractivity contribution in [2.24, 2.45) is 0 Å². The van der Waals surface area contributed by atoms with Crippen LogP contribution in [0.3, 0.4) is 0 Å². The highest BCUT2D eigenvalue weighted by molar-refractivity contribution is 7.90. The van der Waals surface area contributed by atoms with Gasteiger partial charge >= 0.3 is 5.97 Å². The molecule has 0 unspecified atom stereocenters. The summed E-state index contributed by atoms with van der Waals surface area (Å²) >= 11 is 0. The molecular weight excluding hydrogens is 388 g/mol. The molecule has 2 aromatic rings. The number of sulfonamides is 1. The number of likely N-dealkylation sites (N-methyl/N-ethyl adjacent to an activating group) is 1. The summed E-state index contributed by atoms with van der Waals surface area (Å²) < 4.78 is 32.9. The van der Waals surface area contributed by atoms with Crippen LogP contribution in [0.25, 0.3) is 11.1 Å². The van der Waals surface area contributed by atoms with Crippen LogP contribution in [0.2, 0.25) is 0 Å². The summed E-state index contributed by atoms with van der Waals surface area (Å²) in [6.45, 7) is 6.19. The predicted molar refractivity (Wildman–Crippen MR) is 114 cm³/mol. The van der Waals surface area contributed by atoms with Crippen molar-refractivity contribution in [1.29, 1.82) is 0 Å². The number of hydrogen-bond acceptors (Lipinski definition) is 5. The molecule has 2 atom stereocenters. The van der Waals surface area contributed by atoms with Crippen LogP contribution in [0, 0.1) is 6.92 Å². The van der Waals surface area contributed by atoms with E-state index in [0.29, 0.717) is 18.7 Å². The van der Waals surface area contributed by atoms with Gasteiger partial charge in [0.25, 0.3) is 0 Å². The lowest BCUT2D eigenvalue weighted by molar-refractivity contribution is 0.0289. The predicted octanol–water partition coefficient (Wildman–Crippen LogP) is 2.83. The fourth-order valence-electron chi connectivity index (χ4n) is 3.48. The standard InChI is InChI=1S/C22H28N2O4S/c1-15(2)29(26,27)23-20-13-24(4)14-21(20)28-22(25)18-10-11-19(16(3)12-18)17-8-6-5-7-9-17/h5-12,15,20-21,23H,13-14H2,1-4H3/t20-,21-/m0/s1. The van der Waals surface area contributed by atoms with E-state index in [1.54, 1.807) is 19.9 Å². The Balaban J connectivity index is 1.74. The molecule has 0 bridgehead atoms. The number of hydrogen-bond donors (Lipinski definition) is 1. The highest BCUT2D eigenvalue weighted by atomic mass is 32.2. The van der Waals surface area contributed by atoms with Crippen LogP contribution in [0.5, 0.6) is 0 Å². The second-order valence-corrected chi connectivity index (χ2v) is 10.1. The molecule has 1 aliphatic heterocycles. The topological polar surface area (TPSA) is 75.7 Å². The van der Waals surface area contributed by atoms with Gasteiger partial charge in [0, 0.05) is 13.1 Å². The van der Waals surface area contributed by atoms with Gasteiger partial charge in [0.1, 0.15) is 6.10 Å². The number of benzene rings is 2. The first kappa shape index (κ1) is 21.5. The first-order valence-corrected chi connectivity index (χ1v) is 11.3. The van der Waals surface area contributed by atoms with E-state index in [1.807, 2.05) is 61.3 Å². The van der Waals surface area contributed by atoms with Gasteiger partial charge in [-0.05, 0) is 56.6 Å². The van der Waals surface area contributed by atoms with Crippen molar-refractivity contribution in [3.05, 3.63) is 59.7 Å². The van der Waals surface area contributed by atoms with Crippen LogP contribution in [0.4, 0.5) is 0 Å². The van der Waals surface area contributed by atoms with Crippen LogP contribution >= 0.6 is 0 Å². The van der Waals surface area contributed by atoms with Crippen molar-refractivity contribution >= 4 is 16.0 Å². The van der Waals surface area contributed by atoms with Gasteiger partial charge < -0.3 is 9.64 Å². The normalized spacial score (nSPS) is 20.2. The highest BCUT2D eigenvalue weighted by Crippen LogP contribution is 2.25. The molecule has 0 aliphatic carbocycles. The Bertz CT molecular complexity index is 974. The molecule has 2 aromatic carbocycles. The second-order valence-electron chi connectivity index (χ2n) is 7.88. The molecule has 1 N–H and O–H groups in total. The lowest BCUT2D eigenvalue weighted by Crippen LogP contribution is -2.46. The Morgan fingerprint density at radius 3 is 2.45 bits per heavy atom.